The average Bonchev–Trinajstić information content (AvgIpc) is 2.46. The Morgan fingerprint density at radius 3 is 2.35 bits per heavy atom. The minimum absolute atomic E-state index is 0.135. The van der Waals surface area contributed by atoms with Gasteiger partial charge in [-0.15, -0.1) is 0 Å². The van der Waals surface area contributed by atoms with Crippen LogP contribution in [0, 0.1) is 5.41 Å². The summed E-state index contributed by atoms with van der Waals surface area (Å²) in [4.78, 5) is 12.0. The molecule has 0 spiro atoms. The Labute approximate surface area is 121 Å². The van der Waals surface area contributed by atoms with Gasteiger partial charge in [-0.1, -0.05) is 0 Å². The Balaban J connectivity index is 1.96. The highest BCUT2D eigenvalue weighted by Crippen LogP contribution is 2.26. The van der Waals surface area contributed by atoms with Gasteiger partial charge in [-0.2, -0.15) is 0 Å². The van der Waals surface area contributed by atoms with E-state index in [-0.39, 0.29) is 11.4 Å². The molecule has 1 aliphatic heterocycles. The van der Waals surface area contributed by atoms with E-state index in [0.29, 0.717) is 46.2 Å². The first-order valence-electron chi connectivity index (χ1n) is 7.21. The molecule has 6 heteroatoms. The Morgan fingerprint density at radius 1 is 1.10 bits per heavy atom. The van der Waals surface area contributed by atoms with Crippen LogP contribution in [-0.2, 0) is 23.7 Å². The number of carbonyl (C=O) groups excluding carboxylic acids is 1. The molecule has 0 aromatic heterocycles. The van der Waals surface area contributed by atoms with Crippen molar-refractivity contribution in [2.75, 3.05) is 59.8 Å². The fourth-order valence-corrected chi connectivity index (χ4v) is 2.06. The lowest BCUT2D eigenvalue weighted by atomic mass is 9.83. The zero-order valence-corrected chi connectivity index (χ0v) is 12.6. The van der Waals surface area contributed by atoms with Gasteiger partial charge in [0.2, 0.25) is 0 Å². The van der Waals surface area contributed by atoms with Gasteiger partial charge in [-0.3, -0.25) is 4.79 Å². The van der Waals surface area contributed by atoms with Crippen molar-refractivity contribution in [2.45, 2.75) is 19.8 Å². The summed E-state index contributed by atoms with van der Waals surface area (Å²) < 4.78 is 20.7. The summed E-state index contributed by atoms with van der Waals surface area (Å²) in [5, 5.41) is 3.23. The van der Waals surface area contributed by atoms with Crippen molar-refractivity contribution >= 4 is 5.97 Å². The molecule has 0 aromatic rings. The molecule has 1 heterocycles. The molecule has 1 atom stereocenters. The third kappa shape index (κ3) is 6.65. The zero-order chi connectivity index (χ0) is 14.7. The van der Waals surface area contributed by atoms with Crippen molar-refractivity contribution in [2.24, 2.45) is 5.41 Å². The molecular weight excluding hydrogens is 262 g/mol. The molecule has 0 radical (unpaired) electrons. The fourth-order valence-electron chi connectivity index (χ4n) is 2.06. The molecule has 0 saturated carbocycles. The number of carbonyl (C=O) groups is 1. The first-order valence-corrected chi connectivity index (χ1v) is 7.21. The minimum Gasteiger partial charge on any atom is -0.463 e. The van der Waals surface area contributed by atoms with Gasteiger partial charge < -0.3 is 24.3 Å². The van der Waals surface area contributed by atoms with Crippen LogP contribution in [0.1, 0.15) is 19.8 Å². The van der Waals surface area contributed by atoms with E-state index in [9.17, 15) is 4.79 Å². The van der Waals surface area contributed by atoms with Crippen LogP contribution in [0.5, 0.6) is 0 Å². The van der Waals surface area contributed by atoms with E-state index in [2.05, 4.69) is 5.32 Å². The smallest absolute Gasteiger partial charge is 0.313 e. The standard InChI is InChI=1S/C14H27NO5/c1-14(4-3-5-15-12-14)13(16)20-11-10-19-9-8-18-7-6-17-2/h15H,3-12H2,1-2H3. The van der Waals surface area contributed by atoms with Crippen molar-refractivity contribution in [1.82, 2.24) is 5.32 Å². The van der Waals surface area contributed by atoms with Gasteiger partial charge in [-0.05, 0) is 26.3 Å². The van der Waals surface area contributed by atoms with E-state index in [0.717, 1.165) is 19.4 Å². The molecule has 20 heavy (non-hydrogen) atoms. The third-order valence-electron chi connectivity index (χ3n) is 3.35. The highest BCUT2D eigenvalue weighted by Gasteiger charge is 2.35. The number of methoxy groups -OCH3 is 1. The molecule has 0 aliphatic carbocycles. The first-order chi connectivity index (χ1) is 9.69. The molecule has 1 saturated heterocycles. The highest BCUT2D eigenvalue weighted by molar-refractivity contribution is 5.76. The SMILES string of the molecule is COCCOCCOCCOC(=O)C1(C)CCCNC1. The topological polar surface area (TPSA) is 66.0 Å². The first kappa shape index (κ1) is 17.4. The zero-order valence-electron chi connectivity index (χ0n) is 12.6. The average molecular weight is 289 g/mol. The lowest BCUT2D eigenvalue weighted by Crippen LogP contribution is -2.44. The van der Waals surface area contributed by atoms with Crippen molar-refractivity contribution in [3.63, 3.8) is 0 Å². The number of hydrogen-bond donors (Lipinski definition) is 1. The molecule has 1 N–H and O–H groups in total. The summed E-state index contributed by atoms with van der Waals surface area (Å²) in [7, 11) is 1.64. The molecule has 0 aromatic carbocycles. The quantitative estimate of drug-likeness (QED) is 0.469. The van der Waals surface area contributed by atoms with Gasteiger partial charge in [0, 0.05) is 13.7 Å². The number of ether oxygens (including phenoxy) is 4. The Hall–Kier alpha value is -0.690. The van der Waals surface area contributed by atoms with Crippen molar-refractivity contribution < 1.29 is 23.7 Å². The van der Waals surface area contributed by atoms with E-state index in [4.69, 9.17) is 18.9 Å². The molecule has 0 bridgehead atoms. The van der Waals surface area contributed by atoms with Gasteiger partial charge in [0.05, 0.1) is 38.4 Å². The molecule has 1 fully saturated rings. The minimum atomic E-state index is -0.387. The maximum Gasteiger partial charge on any atom is 0.313 e. The number of rotatable bonds is 10. The monoisotopic (exact) mass is 289 g/mol. The van der Waals surface area contributed by atoms with Crippen LogP contribution < -0.4 is 5.32 Å². The van der Waals surface area contributed by atoms with Gasteiger partial charge in [0.15, 0.2) is 0 Å². The fraction of sp³-hybridized carbons (Fsp3) is 0.929. The molecule has 118 valence electrons. The molecule has 0 amide bonds. The van der Waals surface area contributed by atoms with E-state index < -0.39 is 0 Å². The van der Waals surface area contributed by atoms with Crippen LogP contribution in [0.2, 0.25) is 0 Å². The lowest BCUT2D eigenvalue weighted by Gasteiger charge is -2.31. The van der Waals surface area contributed by atoms with Crippen LogP contribution in [0.15, 0.2) is 0 Å². The summed E-state index contributed by atoms with van der Waals surface area (Å²) in [6.07, 6.45) is 1.90. The van der Waals surface area contributed by atoms with Gasteiger partial charge in [0.1, 0.15) is 6.61 Å². The predicted molar refractivity (Wildman–Crippen MR) is 74.7 cm³/mol. The maximum absolute atomic E-state index is 12.0. The van der Waals surface area contributed by atoms with Crippen LogP contribution in [-0.4, -0.2) is 65.8 Å². The summed E-state index contributed by atoms with van der Waals surface area (Å²) >= 11 is 0. The number of esters is 1. The Morgan fingerprint density at radius 2 is 1.75 bits per heavy atom. The summed E-state index contributed by atoms with van der Waals surface area (Å²) in [6, 6.07) is 0. The second-order valence-electron chi connectivity index (χ2n) is 5.19. The number of hydrogen-bond acceptors (Lipinski definition) is 6. The molecular formula is C14H27NO5. The van der Waals surface area contributed by atoms with Crippen molar-refractivity contribution in [3.8, 4) is 0 Å². The summed E-state index contributed by atoms with van der Waals surface area (Å²) in [5.41, 5.74) is -0.387. The van der Waals surface area contributed by atoms with Crippen LogP contribution >= 0.6 is 0 Å². The summed E-state index contributed by atoms with van der Waals surface area (Å²) in [6.45, 7) is 6.51. The Bertz CT molecular complexity index is 266. The molecule has 1 rings (SSSR count). The van der Waals surface area contributed by atoms with E-state index in [1.165, 1.54) is 0 Å². The van der Waals surface area contributed by atoms with Crippen LogP contribution in [0.4, 0.5) is 0 Å². The van der Waals surface area contributed by atoms with Crippen LogP contribution in [0.25, 0.3) is 0 Å². The second-order valence-corrected chi connectivity index (χ2v) is 5.19. The number of piperidine rings is 1. The normalized spacial score (nSPS) is 22.7. The maximum atomic E-state index is 12.0. The van der Waals surface area contributed by atoms with Crippen molar-refractivity contribution in [1.29, 1.82) is 0 Å². The molecule has 1 unspecified atom stereocenters. The number of nitrogens with one attached hydrogen (secondary N) is 1. The Kier molecular flexibility index (Phi) is 8.77. The van der Waals surface area contributed by atoms with Gasteiger partial charge in [0.25, 0.3) is 0 Å². The molecule has 6 nitrogen and oxygen atoms in total. The molecule has 1 aliphatic rings. The largest absolute Gasteiger partial charge is 0.463 e. The van der Waals surface area contributed by atoms with E-state index >= 15 is 0 Å². The van der Waals surface area contributed by atoms with Crippen molar-refractivity contribution in [3.05, 3.63) is 0 Å². The van der Waals surface area contributed by atoms with Crippen LogP contribution in [0.3, 0.4) is 0 Å². The third-order valence-corrected chi connectivity index (χ3v) is 3.35. The predicted octanol–water partition coefficient (Wildman–Crippen LogP) is 0.599. The van der Waals surface area contributed by atoms with E-state index in [1.54, 1.807) is 7.11 Å². The van der Waals surface area contributed by atoms with Gasteiger partial charge in [-0.25, -0.2) is 0 Å². The lowest BCUT2D eigenvalue weighted by molar-refractivity contribution is -0.157. The summed E-state index contributed by atoms with van der Waals surface area (Å²) in [5.74, 6) is -0.135. The highest BCUT2D eigenvalue weighted by atomic mass is 16.6. The van der Waals surface area contributed by atoms with E-state index in [1.807, 2.05) is 6.92 Å². The second kappa shape index (κ2) is 10.1. The van der Waals surface area contributed by atoms with Gasteiger partial charge >= 0.3 is 5.97 Å².